The van der Waals surface area contributed by atoms with Crippen molar-refractivity contribution in [3.05, 3.63) is 65.7 Å². The molecule has 0 aliphatic heterocycles. The highest BCUT2D eigenvalue weighted by Gasteiger charge is 2.21. The van der Waals surface area contributed by atoms with Gasteiger partial charge in [0.05, 0.1) is 11.7 Å². The second-order valence-electron chi connectivity index (χ2n) is 7.37. The third-order valence-corrected chi connectivity index (χ3v) is 6.34. The number of carbonyl (C=O) groups excluding carboxylic acids is 1. The molecule has 1 unspecified atom stereocenters. The quantitative estimate of drug-likeness (QED) is 0.734. The van der Waals surface area contributed by atoms with Crippen LogP contribution >= 0.6 is 0 Å². The van der Waals surface area contributed by atoms with E-state index in [1.165, 1.54) is 25.4 Å². The summed E-state index contributed by atoms with van der Waals surface area (Å²) in [7, 11) is 0.876. The Hall–Kier alpha value is -2.38. The first-order valence-electron chi connectivity index (χ1n) is 9.25. The topological polar surface area (TPSA) is 69.7 Å². The van der Waals surface area contributed by atoms with Gasteiger partial charge in [0, 0.05) is 26.7 Å². The van der Waals surface area contributed by atoms with Crippen molar-refractivity contribution in [2.24, 2.45) is 5.92 Å². The van der Waals surface area contributed by atoms with E-state index < -0.39 is 10.2 Å². The van der Waals surface area contributed by atoms with Crippen LogP contribution in [0.25, 0.3) is 0 Å². The van der Waals surface area contributed by atoms with Crippen molar-refractivity contribution < 1.29 is 13.2 Å². The Morgan fingerprint density at radius 1 is 0.964 bits per heavy atom. The summed E-state index contributed by atoms with van der Waals surface area (Å²) in [5.74, 6) is 0.247. The summed E-state index contributed by atoms with van der Waals surface area (Å²) < 4.78 is 26.8. The number of amides is 1. The minimum absolute atomic E-state index is 0.0785. The Labute approximate surface area is 168 Å². The van der Waals surface area contributed by atoms with Gasteiger partial charge in [-0.15, -0.1) is 0 Å². The molecule has 2 rings (SSSR count). The van der Waals surface area contributed by atoms with E-state index in [0.29, 0.717) is 17.2 Å². The Morgan fingerprint density at radius 2 is 1.54 bits per heavy atom. The summed E-state index contributed by atoms with van der Waals surface area (Å²) in [5, 5.41) is 3.10. The zero-order valence-electron chi connectivity index (χ0n) is 17.1. The Balaban J connectivity index is 2.17. The molecule has 0 bridgehead atoms. The van der Waals surface area contributed by atoms with Crippen LogP contribution in [0.1, 0.15) is 42.2 Å². The second kappa shape index (κ2) is 9.21. The van der Waals surface area contributed by atoms with Crippen molar-refractivity contribution in [1.82, 2.24) is 9.62 Å². The average Bonchev–Trinajstić information content (AvgIpc) is 2.67. The van der Waals surface area contributed by atoms with Crippen LogP contribution in [0.4, 0.5) is 5.69 Å². The molecule has 1 atom stereocenters. The van der Waals surface area contributed by atoms with Crippen molar-refractivity contribution in [2.45, 2.75) is 26.3 Å². The molecule has 0 aromatic heterocycles. The van der Waals surface area contributed by atoms with Crippen LogP contribution in [0, 0.1) is 5.92 Å². The molecular formula is C21H29N3O3S. The first kappa shape index (κ1) is 21.9. The largest absolute Gasteiger partial charge is 0.345 e. The molecule has 0 heterocycles. The summed E-state index contributed by atoms with van der Waals surface area (Å²) >= 11 is 0. The fourth-order valence-electron chi connectivity index (χ4n) is 2.88. The number of benzene rings is 2. The molecule has 2 aromatic carbocycles. The molecule has 28 heavy (non-hydrogen) atoms. The Bertz CT molecular complexity index is 879. The van der Waals surface area contributed by atoms with Crippen molar-refractivity contribution in [3.8, 4) is 0 Å². The van der Waals surface area contributed by atoms with Gasteiger partial charge in [-0.1, -0.05) is 44.2 Å². The van der Waals surface area contributed by atoms with Crippen LogP contribution < -0.4 is 9.62 Å². The third kappa shape index (κ3) is 5.33. The highest BCUT2D eigenvalue weighted by molar-refractivity contribution is 7.90. The molecule has 6 nitrogen and oxygen atoms in total. The lowest BCUT2D eigenvalue weighted by Gasteiger charge is -2.24. The zero-order valence-corrected chi connectivity index (χ0v) is 17.9. The molecule has 0 aliphatic carbocycles. The fraction of sp³-hybridized carbons (Fsp3) is 0.381. The highest BCUT2D eigenvalue weighted by Crippen LogP contribution is 2.23. The van der Waals surface area contributed by atoms with Crippen molar-refractivity contribution >= 4 is 21.8 Å². The molecule has 0 saturated heterocycles. The van der Waals surface area contributed by atoms with Crippen LogP contribution in [0.15, 0.2) is 54.6 Å². The summed E-state index contributed by atoms with van der Waals surface area (Å²) in [6, 6.07) is 16.4. The van der Waals surface area contributed by atoms with Gasteiger partial charge in [0.15, 0.2) is 0 Å². The first-order chi connectivity index (χ1) is 13.1. The van der Waals surface area contributed by atoms with Crippen molar-refractivity contribution in [2.75, 3.05) is 25.4 Å². The normalized spacial score (nSPS) is 12.8. The maximum Gasteiger partial charge on any atom is 0.303 e. The van der Waals surface area contributed by atoms with E-state index in [0.717, 1.165) is 16.3 Å². The van der Waals surface area contributed by atoms with E-state index in [1.54, 1.807) is 24.3 Å². The van der Waals surface area contributed by atoms with Crippen molar-refractivity contribution in [1.29, 1.82) is 0 Å². The average molecular weight is 404 g/mol. The van der Waals surface area contributed by atoms with E-state index >= 15 is 0 Å². The third-order valence-electron chi connectivity index (χ3n) is 4.51. The number of hydrogen-bond acceptors (Lipinski definition) is 3. The lowest BCUT2D eigenvalue weighted by molar-refractivity contribution is 0.0932. The van der Waals surface area contributed by atoms with Gasteiger partial charge in [-0.3, -0.25) is 9.10 Å². The molecule has 1 amide bonds. The van der Waals surface area contributed by atoms with Gasteiger partial charge in [-0.2, -0.15) is 12.7 Å². The first-order valence-corrected chi connectivity index (χ1v) is 10.6. The van der Waals surface area contributed by atoms with Gasteiger partial charge in [-0.05, 0) is 42.2 Å². The van der Waals surface area contributed by atoms with E-state index in [9.17, 15) is 13.2 Å². The minimum Gasteiger partial charge on any atom is -0.345 e. The van der Waals surface area contributed by atoms with Crippen LogP contribution in [0.3, 0.4) is 0 Å². The van der Waals surface area contributed by atoms with Gasteiger partial charge >= 0.3 is 10.2 Å². The summed E-state index contributed by atoms with van der Waals surface area (Å²) in [4.78, 5) is 12.7. The molecular weight excluding hydrogens is 374 g/mol. The molecule has 0 spiro atoms. The molecule has 0 aliphatic rings. The molecule has 0 saturated carbocycles. The summed E-state index contributed by atoms with van der Waals surface area (Å²) in [6.45, 7) is 4.25. The van der Waals surface area contributed by atoms with Gasteiger partial charge in [0.25, 0.3) is 5.91 Å². The number of nitrogens with one attached hydrogen (secondary N) is 1. The number of hydrogen-bond donors (Lipinski definition) is 1. The SMILES string of the molecule is CC(C)CC(NC(=O)c1ccc(N(C)S(=O)(=O)N(C)C)cc1)c1ccccc1. The standard InChI is InChI=1S/C21H29N3O3S/c1-16(2)15-20(17-9-7-6-8-10-17)22-21(25)18-11-13-19(14-12-18)24(5)28(26,27)23(3)4/h6-14,16,20H,15H2,1-5H3,(H,22,25). The molecule has 0 radical (unpaired) electrons. The molecule has 7 heteroatoms. The van der Waals surface area contributed by atoms with Crippen LogP contribution in [-0.4, -0.2) is 39.8 Å². The minimum atomic E-state index is -3.57. The maximum absolute atomic E-state index is 12.7. The van der Waals surface area contributed by atoms with Gasteiger partial charge in [-0.25, -0.2) is 0 Å². The lowest BCUT2D eigenvalue weighted by atomic mass is 9.96. The number of carbonyl (C=O) groups is 1. The predicted octanol–water partition coefficient (Wildman–Crippen LogP) is 3.45. The van der Waals surface area contributed by atoms with E-state index in [2.05, 4.69) is 19.2 Å². The van der Waals surface area contributed by atoms with Crippen LogP contribution in [0.5, 0.6) is 0 Å². The van der Waals surface area contributed by atoms with E-state index in [1.807, 2.05) is 30.3 Å². The highest BCUT2D eigenvalue weighted by atomic mass is 32.2. The molecule has 152 valence electrons. The second-order valence-corrected chi connectivity index (χ2v) is 9.54. The number of nitrogens with zero attached hydrogens (tertiary/aromatic N) is 2. The molecule has 2 aromatic rings. The zero-order chi connectivity index (χ0) is 20.9. The van der Waals surface area contributed by atoms with Gasteiger partial charge < -0.3 is 5.32 Å². The molecule has 1 N–H and O–H groups in total. The predicted molar refractivity (Wildman–Crippen MR) is 114 cm³/mol. The monoisotopic (exact) mass is 403 g/mol. The smallest absolute Gasteiger partial charge is 0.303 e. The number of rotatable bonds is 8. The number of anilines is 1. The van der Waals surface area contributed by atoms with Gasteiger partial charge in [0.1, 0.15) is 0 Å². The van der Waals surface area contributed by atoms with E-state index in [4.69, 9.17) is 0 Å². The van der Waals surface area contributed by atoms with Crippen LogP contribution in [-0.2, 0) is 10.2 Å². The Kier molecular flexibility index (Phi) is 7.21. The van der Waals surface area contributed by atoms with Gasteiger partial charge in [0.2, 0.25) is 0 Å². The molecule has 0 fully saturated rings. The fourth-order valence-corrected chi connectivity index (χ4v) is 3.76. The van der Waals surface area contributed by atoms with Crippen molar-refractivity contribution in [3.63, 3.8) is 0 Å². The maximum atomic E-state index is 12.7. The lowest BCUT2D eigenvalue weighted by Crippen LogP contribution is -2.37. The van der Waals surface area contributed by atoms with Crippen LogP contribution in [0.2, 0.25) is 0 Å². The summed E-state index contributed by atoms with van der Waals surface area (Å²) in [6.07, 6.45) is 0.831. The Morgan fingerprint density at radius 3 is 2.04 bits per heavy atom. The van der Waals surface area contributed by atoms with E-state index in [-0.39, 0.29) is 11.9 Å². The summed E-state index contributed by atoms with van der Waals surface area (Å²) in [5.41, 5.74) is 2.05.